The van der Waals surface area contributed by atoms with Crippen LogP contribution in [0, 0.1) is 0 Å². The maximum Gasteiger partial charge on any atom is 0.132 e. The van der Waals surface area contributed by atoms with E-state index < -0.39 is 29.9 Å². The Morgan fingerprint density at radius 2 is 1.11 bits per heavy atom. The molecule has 1 aliphatic rings. The number of aliphatic hydroxyl groups excluding tert-OH is 4. The molecule has 1 rings (SSSR count). The van der Waals surface area contributed by atoms with Crippen LogP contribution in [0.4, 0.5) is 0 Å². The summed E-state index contributed by atoms with van der Waals surface area (Å²) >= 11 is 1.46. The average Bonchev–Trinajstić information content (AvgIpc) is 2.70. The normalized spacial score (nSPS) is 28.0. The lowest BCUT2D eigenvalue weighted by Gasteiger charge is -2.39. The van der Waals surface area contributed by atoms with Crippen LogP contribution in [0.2, 0.25) is 0 Å². The van der Waals surface area contributed by atoms with Crippen LogP contribution in [0.1, 0.15) is 96.8 Å². The van der Waals surface area contributed by atoms with E-state index in [4.69, 9.17) is 4.74 Å². The Labute approximate surface area is 176 Å². The summed E-state index contributed by atoms with van der Waals surface area (Å²) in [6.07, 6.45) is 14.1. The van der Waals surface area contributed by atoms with E-state index in [1.165, 1.54) is 95.2 Å². The van der Waals surface area contributed by atoms with Crippen molar-refractivity contribution in [2.24, 2.45) is 0 Å². The van der Waals surface area contributed by atoms with Crippen molar-refractivity contribution >= 4 is 11.8 Å². The maximum atomic E-state index is 10.00. The Morgan fingerprint density at radius 3 is 1.57 bits per heavy atom. The first kappa shape index (κ1) is 26.2. The van der Waals surface area contributed by atoms with E-state index in [1.807, 2.05) is 0 Å². The topological polar surface area (TPSA) is 90.2 Å². The predicted octanol–water partition coefficient (Wildman–Crippen LogP) is 4.00. The Morgan fingerprint density at radius 1 is 0.643 bits per heavy atom. The second kappa shape index (κ2) is 16.9. The highest BCUT2D eigenvalue weighted by Crippen LogP contribution is 2.29. The molecule has 0 bridgehead atoms. The summed E-state index contributed by atoms with van der Waals surface area (Å²) in [5, 5.41) is 38.8. The predicted molar refractivity (Wildman–Crippen MR) is 117 cm³/mol. The van der Waals surface area contributed by atoms with Crippen LogP contribution in [-0.4, -0.2) is 62.6 Å². The zero-order valence-electron chi connectivity index (χ0n) is 17.8. The highest BCUT2D eigenvalue weighted by molar-refractivity contribution is 7.99. The van der Waals surface area contributed by atoms with Gasteiger partial charge < -0.3 is 25.2 Å². The van der Waals surface area contributed by atoms with Gasteiger partial charge >= 0.3 is 0 Å². The molecule has 0 unspecified atom stereocenters. The van der Waals surface area contributed by atoms with E-state index in [0.29, 0.717) is 0 Å². The Balaban J connectivity index is 1.90. The lowest BCUT2D eigenvalue weighted by molar-refractivity contribution is -0.205. The average molecular weight is 421 g/mol. The summed E-state index contributed by atoms with van der Waals surface area (Å²) in [6, 6.07) is 0. The van der Waals surface area contributed by atoms with Gasteiger partial charge in [-0.3, -0.25) is 0 Å². The van der Waals surface area contributed by atoms with E-state index in [1.54, 1.807) is 0 Å². The number of hydrogen-bond acceptors (Lipinski definition) is 6. The Kier molecular flexibility index (Phi) is 15.8. The van der Waals surface area contributed by atoms with Crippen LogP contribution in [0.15, 0.2) is 0 Å². The van der Waals surface area contributed by atoms with Crippen molar-refractivity contribution in [2.75, 3.05) is 12.4 Å². The minimum Gasteiger partial charge on any atom is -0.394 e. The van der Waals surface area contributed by atoms with Gasteiger partial charge in [0.05, 0.1) is 6.61 Å². The van der Waals surface area contributed by atoms with Gasteiger partial charge in [-0.1, -0.05) is 90.4 Å². The molecule has 1 aliphatic heterocycles. The highest BCUT2D eigenvalue weighted by Gasteiger charge is 2.43. The molecule has 1 saturated heterocycles. The smallest absolute Gasteiger partial charge is 0.132 e. The van der Waals surface area contributed by atoms with Crippen molar-refractivity contribution in [2.45, 2.75) is 127 Å². The molecule has 5 nitrogen and oxygen atoms in total. The van der Waals surface area contributed by atoms with Crippen molar-refractivity contribution in [1.29, 1.82) is 0 Å². The quantitative estimate of drug-likeness (QED) is 0.266. The van der Waals surface area contributed by atoms with Gasteiger partial charge in [0.25, 0.3) is 0 Å². The molecule has 0 aromatic heterocycles. The minimum atomic E-state index is -1.26. The van der Waals surface area contributed by atoms with Crippen molar-refractivity contribution in [3.05, 3.63) is 0 Å². The van der Waals surface area contributed by atoms with Crippen molar-refractivity contribution in [3.63, 3.8) is 0 Å². The first-order valence-electron chi connectivity index (χ1n) is 11.5. The van der Waals surface area contributed by atoms with Gasteiger partial charge in [0.15, 0.2) is 0 Å². The van der Waals surface area contributed by atoms with Gasteiger partial charge in [-0.25, -0.2) is 0 Å². The number of unbranched alkanes of at least 4 members (excludes halogenated alkanes) is 13. The van der Waals surface area contributed by atoms with Gasteiger partial charge in [-0.05, 0) is 12.2 Å². The van der Waals surface area contributed by atoms with Crippen molar-refractivity contribution in [1.82, 2.24) is 0 Å². The van der Waals surface area contributed by atoms with Crippen LogP contribution in [-0.2, 0) is 4.74 Å². The molecule has 0 amide bonds. The van der Waals surface area contributed by atoms with Crippen molar-refractivity contribution < 1.29 is 25.2 Å². The number of aliphatic hydroxyl groups is 4. The van der Waals surface area contributed by atoms with Gasteiger partial charge in [-0.15, -0.1) is 11.8 Å². The van der Waals surface area contributed by atoms with Crippen molar-refractivity contribution in [3.8, 4) is 0 Å². The van der Waals surface area contributed by atoms with Crippen LogP contribution in [0.25, 0.3) is 0 Å². The third-order valence-electron chi connectivity index (χ3n) is 5.63. The minimum absolute atomic E-state index is 0.360. The highest BCUT2D eigenvalue weighted by atomic mass is 32.2. The van der Waals surface area contributed by atoms with E-state index in [-0.39, 0.29) is 6.61 Å². The summed E-state index contributed by atoms with van der Waals surface area (Å²) in [5.41, 5.74) is -0.586. The number of ether oxygens (including phenoxy) is 1. The summed E-state index contributed by atoms with van der Waals surface area (Å²) < 4.78 is 5.50. The van der Waals surface area contributed by atoms with Gasteiger partial charge in [0.1, 0.15) is 29.9 Å². The third kappa shape index (κ3) is 10.8. The largest absolute Gasteiger partial charge is 0.394 e. The lowest BCUT2D eigenvalue weighted by atomic mass is 10.0. The number of thioether (sulfide) groups is 1. The fourth-order valence-corrected chi connectivity index (χ4v) is 4.88. The van der Waals surface area contributed by atoms with Crippen LogP contribution in [0.5, 0.6) is 0 Å². The first-order chi connectivity index (χ1) is 13.6. The van der Waals surface area contributed by atoms with E-state index >= 15 is 0 Å². The molecular formula is C22H44O5S. The molecule has 0 spiro atoms. The second-order valence-electron chi connectivity index (χ2n) is 8.16. The Hall–Kier alpha value is 0.150. The maximum absolute atomic E-state index is 10.00. The molecule has 0 aromatic carbocycles. The Bertz CT molecular complexity index is 356. The summed E-state index contributed by atoms with van der Waals surface area (Å²) in [7, 11) is 0. The zero-order valence-corrected chi connectivity index (χ0v) is 18.6. The van der Waals surface area contributed by atoms with Crippen LogP contribution >= 0.6 is 11.8 Å². The molecule has 0 aromatic rings. The third-order valence-corrected chi connectivity index (χ3v) is 6.87. The molecule has 1 fully saturated rings. The molecule has 6 heteroatoms. The second-order valence-corrected chi connectivity index (χ2v) is 9.37. The standard InChI is InChI=1S/C22H44O5S/c1-2-3-4-5-6-7-8-9-10-11-12-13-14-15-16-28-22-21(26)20(25)19(24)18(17-23)27-22/h18-26H,2-17H2,1H3/t18-,19+,20+,21-,22+/m1/s1. The van der Waals surface area contributed by atoms with Crippen LogP contribution in [0.3, 0.4) is 0 Å². The lowest BCUT2D eigenvalue weighted by Crippen LogP contribution is -2.57. The summed E-state index contributed by atoms with van der Waals surface area (Å²) in [4.78, 5) is 0. The fraction of sp³-hybridized carbons (Fsp3) is 1.00. The summed E-state index contributed by atoms with van der Waals surface area (Å²) in [6.45, 7) is 1.90. The van der Waals surface area contributed by atoms with E-state index in [0.717, 1.165) is 12.2 Å². The molecule has 0 saturated carbocycles. The number of rotatable bonds is 17. The first-order valence-corrected chi connectivity index (χ1v) is 12.6. The van der Waals surface area contributed by atoms with E-state index in [9.17, 15) is 20.4 Å². The van der Waals surface area contributed by atoms with Gasteiger partial charge in [0.2, 0.25) is 0 Å². The molecule has 0 radical (unpaired) electrons. The van der Waals surface area contributed by atoms with Gasteiger partial charge in [-0.2, -0.15) is 0 Å². The zero-order chi connectivity index (χ0) is 20.6. The molecule has 0 aliphatic carbocycles. The molecule has 168 valence electrons. The monoisotopic (exact) mass is 420 g/mol. The number of hydrogen-bond donors (Lipinski definition) is 4. The fourth-order valence-electron chi connectivity index (χ4n) is 3.70. The van der Waals surface area contributed by atoms with E-state index in [2.05, 4.69) is 6.92 Å². The molecule has 4 N–H and O–H groups in total. The van der Waals surface area contributed by atoms with Crippen LogP contribution < -0.4 is 0 Å². The van der Waals surface area contributed by atoms with Gasteiger partial charge in [0, 0.05) is 0 Å². The SMILES string of the molecule is CCCCCCCCCCCCCCCCS[C@@H]1O[C@H](CO)[C@H](O)[C@H](O)[C@H]1O. The molecule has 5 atom stereocenters. The molecular weight excluding hydrogens is 376 g/mol. The summed E-state index contributed by atoms with van der Waals surface area (Å²) in [5.74, 6) is 0.848. The molecule has 28 heavy (non-hydrogen) atoms. The molecule has 1 heterocycles.